The lowest BCUT2D eigenvalue weighted by molar-refractivity contribution is 0.0992. The Morgan fingerprint density at radius 2 is 2.17 bits per heavy atom. The van der Waals surface area contributed by atoms with Crippen LogP contribution in [0.1, 0.15) is 21.5 Å². The molecule has 0 aliphatic rings. The second kappa shape index (κ2) is 4.96. The third kappa shape index (κ3) is 2.53. The molecule has 0 fully saturated rings. The maximum absolute atomic E-state index is 13.4. The minimum absolute atomic E-state index is 0.127. The molecular formula is C14H13FN2O. The van der Waals surface area contributed by atoms with E-state index in [1.54, 1.807) is 37.4 Å². The normalized spacial score (nSPS) is 10.3. The number of hydrogen-bond acceptors (Lipinski definition) is 3. The van der Waals surface area contributed by atoms with Gasteiger partial charge in [0.25, 0.3) is 0 Å². The maximum Gasteiger partial charge on any atom is 0.167 e. The van der Waals surface area contributed by atoms with Crippen LogP contribution in [0.25, 0.3) is 0 Å². The molecule has 2 rings (SSSR count). The first-order valence-corrected chi connectivity index (χ1v) is 5.56. The number of carbonyl (C=O) groups excluding carboxylic acids is 1. The van der Waals surface area contributed by atoms with E-state index < -0.39 is 0 Å². The van der Waals surface area contributed by atoms with Crippen LogP contribution in [0.5, 0.6) is 0 Å². The zero-order valence-electron chi connectivity index (χ0n) is 9.98. The van der Waals surface area contributed by atoms with E-state index in [1.807, 2.05) is 0 Å². The number of Topliss-reactive ketones (excluding diaryl/α,β-unsaturated/α-hetero) is 1. The Hall–Kier alpha value is -2.23. The monoisotopic (exact) mass is 244 g/mol. The van der Waals surface area contributed by atoms with E-state index in [-0.39, 0.29) is 18.0 Å². The van der Waals surface area contributed by atoms with Gasteiger partial charge in [-0.3, -0.25) is 4.79 Å². The van der Waals surface area contributed by atoms with Crippen molar-refractivity contribution < 1.29 is 9.18 Å². The fourth-order valence-corrected chi connectivity index (χ4v) is 1.64. The van der Waals surface area contributed by atoms with E-state index in [9.17, 15) is 9.18 Å². The number of anilines is 1. The molecule has 92 valence electrons. The molecular weight excluding hydrogens is 231 g/mol. The van der Waals surface area contributed by atoms with Crippen molar-refractivity contribution in [2.24, 2.45) is 0 Å². The van der Waals surface area contributed by atoms with Crippen LogP contribution >= 0.6 is 0 Å². The second-order valence-electron chi connectivity index (χ2n) is 4.11. The van der Waals surface area contributed by atoms with Crippen molar-refractivity contribution in [2.75, 3.05) is 5.73 Å². The highest BCUT2D eigenvalue weighted by atomic mass is 19.1. The molecule has 4 heteroatoms. The van der Waals surface area contributed by atoms with E-state index in [4.69, 9.17) is 5.73 Å². The van der Waals surface area contributed by atoms with Crippen molar-refractivity contribution in [3.8, 4) is 0 Å². The zero-order chi connectivity index (χ0) is 13.1. The summed E-state index contributed by atoms with van der Waals surface area (Å²) in [5, 5.41) is 0. The number of nitrogens with zero attached hydrogens (tertiary/aromatic N) is 1. The van der Waals surface area contributed by atoms with Gasteiger partial charge in [0.15, 0.2) is 5.78 Å². The molecule has 0 saturated heterocycles. The lowest BCUT2D eigenvalue weighted by Gasteiger charge is -2.05. The molecule has 1 aromatic heterocycles. The predicted molar refractivity (Wildman–Crippen MR) is 67.8 cm³/mol. The topological polar surface area (TPSA) is 56.0 Å². The lowest BCUT2D eigenvalue weighted by atomic mass is 10.0. The summed E-state index contributed by atoms with van der Waals surface area (Å²) in [5.41, 5.74) is 7.19. The molecule has 0 amide bonds. The Labute approximate surface area is 104 Å². The molecule has 0 aliphatic carbocycles. The Kier molecular flexibility index (Phi) is 3.37. The summed E-state index contributed by atoms with van der Waals surface area (Å²) in [6.07, 6.45) is 1.69. The largest absolute Gasteiger partial charge is 0.383 e. The highest BCUT2D eigenvalue weighted by Crippen LogP contribution is 2.14. The Morgan fingerprint density at radius 3 is 2.83 bits per heavy atom. The van der Waals surface area contributed by atoms with Crippen LogP contribution in [0, 0.1) is 12.7 Å². The van der Waals surface area contributed by atoms with Crippen molar-refractivity contribution in [2.45, 2.75) is 13.3 Å². The second-order valence-corrected chi connectivity index (χ2v) is 4.11. The summed E-state index contributed by atoms with van der Waals surface area (Å²) in [7, 11) is 0. The quantitative estimate of drug-likeness (QED) is 0.844. The van der Waals surface area contributed by atoms with Crippen molar-refractivity contribution >= 4 is 11.6 Å². The van der Waals surface area contributed by atoms with E-state index in [0.717, 1.165) is 0 Å². The van der Waals surface area contributed by atoms with Gasteiger partial charge < -0.3 is 5.73 Å². The van der Waals surface area contributed by atoms with Crippen LogP contribution in [-0.2, 0) is 6.42 Å². The fraction of sp³-hybridized carbons (Fsp3) is 0.143. The first-order valence-electron chi connectivity index (χ1n) is 5.56. The average molecular weight is 244 g/mol. The molecule has 18 heavy (non-hydrogen) atoms. The summed E-state index contributed by atoms with van der Waals surface area (Å²) in [6.45, 7) is 1.66. The minimum atomic E-state index is -0.375. The van der Waals surface area contributed by atoms with Gasteiger partial charge in [-0.05, 0) is 24.6 Å². The van der Waals surface area contributed by atoms with E-state index in [0.29, 0.717) is 22.5 Å². The highest BCUT2D eigenvalue weighted by Gasteiger charge is 2.11. The minimum Gasteiger partial charge on any atom is -0.383 e. The summed E-state index contributed by atoms with van der Waals surface area (Å²) < 4.78 is 13.4. The predicted octanol–water partition coefficient (Wildman–Crippen LogP) is 2.54. The van der Waals surface area contributed by atoms with Gasteiger partial charge in [0.2, 0.25) is 0 Å². The Bertz CT molecular complexity index is 596. The molecule has 3 nitrogen and oxygen atoms in total. The number of ketones is 1. The molecule has 0 spiro atoms. The molecule has 0 atom stereocenters. The standard InChI is InChI=1S/C14H13FN2O/c1-9-4-5-10(7-12(9)15)13(18)8-11-3-2-6-17-14(11)16/h2-7H,8H2,1H3,(H2,16,17). The van der Waals surface area contributed by atoms with Crippen LogP contribution in [0.15, 0.2) is 36.5 Å². The average Bonchev–Trinajstić information content (AvgIpc) is 2.35. The number of hydrogen-bond donors (Lipinski definition) is 1. The highest BCUT2D eigenvalue weighted by molar-refractivity contribution is 5.98. The Balaban J connectivity index is 2.22. The molecule has 1 heterocycles. The van der Waals surface area contributed by atoms with Gasteiger partial charge in [-0.15, -0.1) is 0 Å². The van der Waals surface area contributed by atoms with Crippen LogP contribution < -0.4 is 5.73 Å². The SMILES string of the molecule is Cc1ccc(C(=O)Cc2cccnc2N)cc1F. The van der Waals surface area contributed by atoms with Gasteiger partial charge >= 0.3 is 0 Å². The van der Waals surface area contributed by atoms with Crippen molar-refractivity contribution in [1.82, 2.24) is 4.98 Å². The zero-order valence-corrected chi connectivity index (χ0v) is 9.98. The van der Waals surface area contributed by atoms with Gasteiger partial charge in [-0.2, -0.15) is 0 Å². The van der Waals surface area contributed by atoms with Crippen LogP contribution in [0.4, 0.5) is 10.2 Å². The number of aromatic nitrogens is 1. The van der Waals surface area contributed by atoms with Crippen LogP contribution in [0.3, 0.4) is 0 Å². The number of carbonyl (C=O) groups is 1. The summed E-state index contributed by atoms with van der Waals surface area (Å²) in [6, 6.07) is 7.92. The van der Waals surface area contributed by atoms with Crippen LogP contribution in [0.2, 0.25) is 0 Å². The molecule has 0 saturated carbocycles. The number of nitrogen functional groups attached to an aromatic ring is 1. The number of rotatable bonds is 3. The number of pyridine rings is 1. The lowest BCUT2D eigenvalue weighted by Crippen LogP contribution is -2.07. The molecule has 0 bridgehead atoms. The van der Waals surface area contributed by atoms with Crippen molar-refractivity contribution in [3.05, 3.63) is 59.0 Å². The summed E-state index contributed by atoms with van der Waals surface area (Å²) >= 11 is 0. The molecule has 0 unspecified atom stereocenters. The smallest absolute Gasteiger partial charge is 0.167 e. The van der Waals surface area contributed by atoms with E-state index >= 15 is 0 Å². The molecule has 0 radical (unpaired) electrons. The summed E-state index contributed by atoms with van der Waals surface area (Å²) in [4.78, 5) is 15.9. The number of aryl methyl sites for hydroxylation is 1. The van der Waals surface area contributed by atoms with Gasteiger partial charge in [-0.1, -0.05) is 18.2 Å². The van der Waals surface area contributed by atoms with E-state index in [2.05, 4.69) is 4.98 Å². The third-order valence-electron chi connectivity index (χ3n) is 2.77. The number of benzene rings is 1. The molecule has 0 aliphatic heterocycles. The first kappa shape index (κ1) is 12.2. The van der Waals surface area contributed by atoms with Gasteiger partial charge in [0, 0.05) is 23.7 Å². The molecule has 2 aromatic rings. The number of nitrogens with two attached hydrogens (primary N) is 1. The molecule has 1 aromatic carbocycles. The molecule has 2 N–H and O–H groups in total. The Morgan fingerprint density at radius 1 is 1.39 bits per heavy atom. The first-order chi connectivity index (χ1) is 8.58. The maximum atomic E-state index is 13.4. The van der Waals surface area contributed by atoms with Crippen LogP contribution in [-0.4, -0.2) is 10.8 Å². The van der Waals surface area contributed by atoms with Crippen molar-refractivity contribution in [3.63, 3.8) is 0 Å². The third-order valence-corrected chi connectivity index (χ3v) is 2.77. The fourth-order valence-electron chi connectivity index (χ4n) is 1.64. The van der Waals surface area contributed by atoms with Crippen molar-refractivity contribution in [1.29, 1.82) is 0 Å². The number of halogens is 1. The van der Waals surface area contributed by atoms with Gasteiger partial charge in [-0.25, -0.2) is 9.37 Å². The summed E-state index contributed by atoms with van der Waals surface area (Å²) in [5.74, 6) is -0.216. The van der Waals surface area contributed by atoms with E-state index in [1.165, 1.54) is 6.07 Å². The van der Waals surface area contributed by atoms with Gasteiger partial charge in [0.05, 0.1) is 0 Å². The van der Waals surface area contributed by atoms with Gasteiger partial charge in [0.1, 0.15) is 11.6 Å².